The van der Waals surface area contributed by atoms with Gasteiger partial charge in [-0.3, -0.25) is 9.78 Å². The second-order valence-electron chi connectivity index (χ2n) is 9.76. The fourth-order valence-corrected chi connectivity index (χ4v) is 4.60. The summed E-state index contributed by atoms with van der Waals surface area (Å²) < 4.78 is 125. The summed E-state index contributed by atoms with van der Waals surface area (Å²) in [6.07, 6.45) is -9.57. The molecule has 0 aliphatic carbocycles. The fraction of sp³-hybridized carbons (Fsp3) is 0.200. The maximum Gasteiger partial charge on any atom is 0.419 e. The van der Waals surface area contributed by atoms with Gasteiger partial charge < -0.3 is 5.32 Å². The summed E-state index contributed by atoms with van der Waals surface area (Å²) in [5.41, 5.74) is -7.43. The van der Waals surface area contributed by atoms with E-state index >= 15 is 0 Å². The van der Waals surface area contributed by atoms with Gasteiger partial charge in [0.25, 0.3) is 11.8 Å². The highest BCUT2D eigenvalue weighted by Gasteiger charge is 2.43. The van der Waals surface area contributed by atoms with Crippen LogP contribution in [0.3, 0.4) is 0 Å². The Morgan fingerprint density at radius 3 is 1.98 bits per heavy atom. The van der Waals surface area contributed by atoms with Crippen LogP contribution in [-0.2, 0) is 30.2 Å². The van der Waals surface area contributed by atoms with Crippen molar-refractivity contribution in [2.24, 2.45) is 0 Å². The van der Waals surface area contributed by atoms with Crippen molar-refractivity contribution in [3.8, 4) is 0 Å². The lowest BCUT2D eigenvalue weighted by molar-refractivity contribution is -0.140. The number of alkyl halides is 8. The zero-order valence-corrected chi connectivity index (χ0v) is 22.7. The quantitative estimate of drug-likeness (QED) is 0.207. The third-order valence-corrected chi connectivity index (χ3v) is 6.82. The maximum absolute atomic E-state index is 14.6. The van der Waals surface area contributed by atoms with Gasteiger partial charge >= 0.3 is 12.4 Å². The molecule has 4 rings (SSSR count). The summed E-state index contributed by atoms with van der Waals surface area (Å²) >= 11 is 5.97. The second kappa shape index (κ2) is 11.6. The molecule has 0 spiro atoms. The Balaban J connectivity index is 2.04. The van der Waals surface area contributed by atoms with E-state index in [1.807, 2.05) is 0 Å². The SMILES string of the molecule is CC(F)(F)c1cc(C(F)(F)F)cc(C(Cc2ccccc2)(NC(=O)c2ccc(F)c(C(F)(F)F)c2)c2ccc(Cl)cn2)c1. The standard InChI is InChI=1S/C30H20ClF9N2O/c1-27(33,34)19-12-20(14-21(13-19)29(35,36)37)28(15-17-5-3-2-4-6-17,25-10-8-22(31)16-41-25)42-26(43)18-7-9-24(32)23(11-18)30(38,39)40/h2-14,16H,15H2,1H3,(H,42,43). The van der Waals surface area contributed by atoms with Gasteiger partial charge in [-0.1, -0.05) is 41.9 Å². The summed E-state index contributed by atoms with van der Waals surface area (Å²) in [7, 11) is 0. The number of benzene rings is 3. The number of hydrogen-bond acceptors (Lipinski definition) is 2. The molecular formula is C30H20ClF9N2O. The number of nitrogens with one attached hydrogen (secondary N) is 1. The summed E-state index contributed by atoms with van der Waals surface area (Å²) in [5, 5.41) is 2.54. The van der Waals surface area contributed by atoms with Crippen molar-refractivity contribution in [2.45, 2.75) is 37.2 Å². The first kappa shape index (κ1) is 31.9. The number of carbonyl (C=O) groups is 1. The predicted molar refractivity (Wildman–Crippen MR) is 140 cm³/mol. The van der Waals surface area contributed by atoms with Gasteiger partial charge in [-0.05, 0) is 59.7 Å². The topological polar surface area (TPSA) is 42.0 Å². The van der Waals surface area contributed by atoms with Gasteiger partial charge in [-0.15, -0.1) is 0 Å². The minimum Gasteiger partial charge on any atom is -0.337 e. The first-order valence-corrected chi connectivity index (χ1v) is 12.7. The van der Waals surface area contributed by atoms with Crippen LogP contribution in [0.25, 0.3) is 0 Å². The number of carbonyl (C=O) groups excluding carboxylic acids is 1. The van der Waals surface area contributed by atoms with Crippen molar-refractivity contribution in [2.75, 3.05) is 0 Å². The normalized spacial score (nSPS) is 13.8. The number of rotatable bonds is 7. The summed E-state index contributed by atoms with van der Waals surface area (Å²) in [5.74, 6) is -6.71. The number of nitrogens with zero attached hydrogens (tertiary/aromatic N) is 1. The van der Waals surface area contributed by atoms with Crippen LogP contribution in [0.1, 0.15) is 50.8 Å². The Kier molecular flexibility index (Phi) is 8.56. The van der Waals surface area contributed by atoms with E-state index in [1.54, 1.807) is 30.3 Å². The van der Waals surface area contributed by atoms with E-state index in [1.165, 1.54) is 12.1 Å². The van der Waals surface area contributed by atoms with Crippen molar-refractivity contribution in [3.05, 3.63) is 135 Å². The average molecular weight is 631 g/mol. The van der Waals surface area contributed by atoms with Crippen LogP contribution in [0.2, 0.25) is 5.02 Å². The molecule has 0 saturated heterocycles. The summed E-state index contributed by atoms with van der Waals surface area (Å²) in [6.45, 7) is 0.390. The molecule has 1 N–H and O–H groups in total. The predicted octanol–water partition coefficient (Wildman–Crippen LogP) is 8.94. The van der Waals surface area contributed by atoms with Gasteiger partial charge in [-0.2, -0.15) is 26.3 Å². The average Bonchev–Trinajstić information content (AvgIpc) is 2.92. The van der Waals surface area contributed by atoms with Crippen molar-refractivity contribution in [1.82, 2.24) is 10.3 Å². The lowest BCUT2D eigenvalue weighted by Gasteiger charge is -2.36. The molecule has 3 aromatic carbocycles. The van der Waals surface area contributed by atoms with E-state index in [0.29, 0.717) is 24.6 Å². The summed E-state index contributed by atoms with van der Waals surface area (Å²) in [4.78, 5) is 17.8. The smallest absolute Gasteiger partial charge is 0.337 e. The van der Waals surface area contributed by atoms with Crippen molar-refractivity contribution in [3.63, 3.8) is 0 Å². The van der Waals surface area contributed by atoms with Crippen LogP contribution in [0, 0.1) is 5.82 Å². The number of halogens is 10. The summed E-state index contributed by atoms with van der Waals surface area (Å²) in [6, 6.07) is 13.4. The molecule has 0 bridgehead atoms. The van der Waals surface area contributed by atoms with E-state index in [-0.39, 0.29) is 22.8 Å². The van der Waals surface area contributed by atoms with E-state index in [9.17, 15) is 44.3 Å². The van der Waals surface area contributed by atoms with Crippen LogP contribution in [0.4, 0.5) is 39.5 Å². The molecule has 0 fully saturated rings. The highest BCUT2D eigenvalue weighted by molar-refractivity contribution is 6.30. The molecule has 4 aromatic rings. The molecule has 13 heteroatoms. The third kappa shape index (κ3) is 7.12. The largest absolute Gasteiger partial charge is 0.419 e. The highest BCUT2D eigenvalue weighted by Crippen LogP contribution is 2.41. The number of hydrogen-bond donors (Lipinski definition) is 1. The molecule has 0 saturated carbocycles. The first-order valence-electron chi connectivity index (χ1n) is 12.4. The lowest BCUT2D eigenvalue weighted by Crippen LogP contribution is -2.49. The molecule has 226 valence electrons. The van der Waals surface area contributed by atoms with Crippen molar-refractivity contribution in [1.29, 1.82) is 0 Å². The van der Waals surface area contributed by atoms with Crippen molar-refractivity contribution < 1.29 is 44.3 Å². The number of amides is 1. The number of pyridine rings is 1. The Bertz CT molecular complexity index is 1580. The first-order chi connectivity index (χ1) is 19.9. The molecule has 43 heavy (non-hydrogen) atoms. The zero-order chi connectivity index (χ0) is 31.8. The Labute approximate surface area is 244 Å². The molecule has 3 nitrogen and oxygen atoms in total. The van der Waals surface area contributed by atoms with Gasteiger partial charge in [0.1, 0.15) is 11.4 Å². The molecule has 1 atom stereocenters. The fourth-order valence-electron chi connectivity index (χ4n) is 4.49. The Morgan fingerprint density at radius 2 is 1.42 bits per heavy atom. The Morgan fingerprint density at radius 1 is 0.791 bits per heavy atom. The lowest BCUT2D eigenvalue weighted by atomic mass is 9.78. The minimum atomic E-state index is -5.18. The van der Waals surface area contributed by atoms with Gasteiger partial charge in [0, 0.05) is 30.7 Å². The second-order valence-corrected chi connectivity index (χ2v) is 10.2. The van der Waals surface area contributed by atoms with Crippen LogP contribution in [-0.4, -0.2) is 10.9 Å². The number of aromatic nitrogens is 1. The molecule has 1 heterocycles. The highest BCUT2D eigenvalue weighted by atomic mass is 35.5. The van der Waals surface area contributed by atoms with Crippen LogP contribution in [0.5, 0.6) is 0 Å². The van der Waals surface area contributed by atoms with Crippen LogP contribution in [0.15, 0.2) is 85.1 Å². The molecule has 1 amide bonds. The molecule has 0 aliphatic rings. The molecule has 0 radical (unpaired) electrons. The van der Waals surface area contributed by atoms with Gasteiger partial charge in [0.15, 0.2) is 0 Å². The van der Waals surface area contributed by atoms with E-state index in [0.717, 1.165) is 18.3 Å². The van der Waals surface area contributed by atoms with Crippen LogP contribution < -0.4 is 5.32 Å². The maximum atomic E-state index is 14.6. The molecule has 0 aliphatic heterocycles. The monoisotopic (exact) mass is 630 g/mol. The third-order valence-electron chi connectivity index (χ3n) is 6.60. The Hall–Kier alpha value is -4.06. The molecular weight excluding hydrogens is 611 g/mol. The van der Waals surface area contributed by atoms with Crippen molar-refractivity contribution >= 4 is 17.5 Å². The molecule has 1 unspecified atom stereocenters. The van der Waals surface area contributed by atoms with Gasteiger partial charge in [-0.25, -0.2) is 13.2 Å². The minimum absolute atomic E-state index is 0.0851. The van der Waals surface area contributed by atoms with Gasteiger partial charge in [0.05, 0.1) is 21.8 Å². The zero-order valence-electron chi connectivity index (χ0n) is 21.9. The van der Waals surface area contributed by atoms with Crippen LogP contribution >= 0.6 is 11.6 Å². The molecule has 1 aromatic heterocycles. The van der Waals surface area contributed by atoms with Gasteiger partial charge in [0.2, 0.25) is 0 Å². The van der Waals surface area contributed by atoms with E-state index < -0.39 is 69.8 Å². The van der Waals surface area contributed by atoms with E-state index in [4.69, 9.17) is 11.6 Å². The van der Waals surface area contributed by atoms with E-state index in [2.05, 4.69) is 10.3 Å².